The lowest BCUT2D eigenvalue weighted by Crippen LogP contribution is -2.51. The van der Waals surface area contributed by atoms with Crippen LogP contribution in [-0.4, -0.2) is 29.4 Å². The maximum Gasteiger partial charge on any atom is 0.228 e. The van der Waals surface area contributed by atoms with E-state index in [1.165, 1.54) is 0 Å². The zero-order valence-corrected chi connectivity index (χ0v) is 9.18. The van der Waals surface area contributed by atoms with Crippen LogP contribution in [-0.2, 0) is 4.79 Å². The summed E-state index contributed by atoms with van der Waals surface area (Å²) in [5, 5.41) is 0. The van der Waals surface area contributed by atoms with Gasteiger partial charge in [-0.3, -0.25) is 4.79 Å². The monoisotopic (exact) mass is 196 g/mol. The van der Waals surface area contributed by atoms with Crippen molar-refractivity contribution in [3.63, 3.8) is 0 Å². The molecule has 80 valence electrons. The normalized spacial score (nSPS) is 28.6. The highest BCUT2D eigenvalue weighted by Crippen LogP contribution is 2.46. The lowest BCUT2D eigenvalue weighted by molar-refractivity contribution is -0.137. The Kier molecular flexibility index (Phi) is 2.11. The van der Waals surface area contributed by atoms with E-state index in [1.54, 1.807) is 0 Å². The third-order valence-electron chi connectivity index (χ3n) is 3.71. The van der Waals surface area contributed by atoms with E-state index in [0.29, 0.717) is 5.91 Å². The zero-order valence-electron chi connectivity index (χ0n) is 9.18. The van der Waals surface area contributed by atoms with Crippen molar-refractivity contribution in [2.45, 2.75) is 45.1 Å². The summed E-state index contributed by atoms with van der Waals surface area (Å²) in [6.07, 6.45) is 4.02. The Balaban J connectivity index is 1.92. The number of nitrogens with two attached hydrogens (primary N) is 1. The van der Waals surface area contributed by atoms with E-state index in [0.717, 1.165) is 38.8 Å². The van der Waals surface area contributed by atoms with Crippen molar-refractivity contribution < 1.29 is 4.79 Å². The number of likely N-dealkylation sites (tertiary alicyclic amines) is 1. The number of rotatable bonds is 1. The summed E-state index contributed by atoms with van der Waals surface area (Å²) in [5.74, 6) is 0.355. The Hall–Kier alpha value is -0.570. The smallest absolute Gasteiger partial charge is 0.228 e. The SMILES string of the molecule is CC1(N)CCN(C(=O)C2(C)CC2)CC1. The molecule has 14 heavy (non-hydrogen) atoms. The van der Waals surface area contributed by atoms with Crippen LogP contribution in [0.3, 0.4) is 0 Å². The van der Waals surface area contributed by atoms with Crippen molar-refractivity contribution in [2.24, 2.45) is 11.1 Å². The molecule has 1 saturated carbocycles. The highest BCUT2D eigenvalue weighted by atomic mass is 16.2. The number of piperidine rings is 1. The fourth-order valence-corrected chi connectivity index (χ4v) is 2.00. The van der Waals surface area contributed by atoms with Gasteiger partial charge in [0.2, 0.25) is 5.91 Å². The van der Waals surface area contributed by atoms with Crippen LogP contribution in [0.1, 0.15) is 39.5 Å². The molecule has 2 fully saturated rings. The molecule has 1 heterocycles. The molecule has 1 amide bonds. The highest BCUT2D eigenvalue weighted by molar-refractivity contribution is 5.85. The van der Waals surface area contributed by atoms with Gasteiger partial charge in [-0.1, -0.05) is 6.92 Å². The molecule has 3 nitrogen and oxygen atoms in total. The van der Waals surface area contributed by atoms with Crippen LogP contribution < -0.4 is 5.73 Å². The van der Waals surface area contributed by atoms with Crippen LogP contribution in [0, 0.1) is 5.41 Å². The first-order chi connectivity index (χ1) is 6.43. The molecular weight excluding hydrogens is 176 g/mol. The molecule has 1 aliphatic carbocycles. The Morgan fingerprint density at radius 3 is 2.07 bits per heavy atom. The summed E-state index contributed by atoms with van der Waals surface area (Å²) >= 11 is 0. The molecule has 3 heteroatoms. The number of carbonyl (C=O) groups excluding carboxylic acids is 1. The van der Waals surface area contributed by atoms with Crippen molar-refractivity contribution >= 4 is 5.91 Å². The van der Waals surface area contributed by atoms with Gasteiger partial charge in [-0.15, -0.1) is 0 Å². The second-order valence-electron chi connectivity index (χ2n) is 5.51. The highest BCUT2D eigenvalue weighted by Gasteiger charge is 2.47. The number of nitrogens with zero attached hydrogens (tertiary/aromatic N) is 1. The molecule has 2 N–H and O–H groups in total. The summed E-state index contributed by atoms with van der Waals surface area (Å²) in [6.45, 7) is 5.85. The molecule has 0 spiro atoms. The Bertz CT molecular complexity index is 246. The average Bonchev–Trinajstić information content (AvgIpc) is 2.84. The molecule has 1 saturated heterocycles. The van der Waals surface area contributed by atoms with Gasteiger partial charge in [0.05, 0.1) is 0 Å². The Morgan fingerprint density at radius 2 is 1.64 bits per heavy atom. The molecule has 0 aromatic rings. The van der Waals surface area contributed by atoms with Gasteiger partial charge >= 0.3 is 0 Å². The van der Waals surface area contributed by atoms with E-state index in [4.69, 9.17) is 5.73 Å². The minimum atomic E-state index is -0.0543. The number of hydrogen-bond acceptors (Lipinski definition) is 2. The van der Waals surface area contributed by atoms with Gasteiger partial charge in [0.25, 0.3) is 0 Å². The van der Waals surface area contributed by atoms with E-state index in [1.807, 2.05) is 4.90 Å². The molecule has 2 aliphatic rings. The molecule has 0 aromatic heterocycles. The number of carbonyl (C=O) groups is 1. The van der Waals surface area contributed by atoms with Crippen LogP contribution in [0.25, 0.3) is 0 Å². The predicted molar refractivity (Wildman–Crippen MR) is 55.7 cm³/mol. The van der Waals surface area contributed by atoms with Gasteiger partial charge in [-0.2, -0.15) is 0 Å². The molecule has 2 rings (SSSR count). The largest absolute Gasteiger partial charge is 0.342 e. The van der Waals surface area contributed by atoms with Gasteiger partial charge in [0, 0.05) is 24.0 Å². The second-order valence-corrected chi connectivity index (χ2v) is 5.51. The van der Waals surface area contributed by atoms with Gasteiger partial charge in [-0.05, 0) is 32.6 Å². The fourth-order valence-electron chi connectivity index (χ4n) is 2.00. The van der Waals surface area contributed by atoms with Crippen LogP contribution in [0.15, 0.2) is 0 Å². The van der Waals surface area contributed by atoms with Gasteiger partial charge in [-0.25, -0.2) is 0 Å². The van der Waals surface area contributed by atoms with E-state index in [2.05, 4.69) is 13.8 Å². The van der Waals surface area contributed by atoms with E-state index >= 15 is 0 Å². The van der Waals surface area contributed by atoms with Gasteiger partial charge < -0.3 is 10.6 Å². The van der Waals surface area contributed by atoms with Crippen LogP contribution in [0.2, 0.25) is 0 Å². The minimum absolute atomic E-state index is 0.0116. The first kappa shape index (κ1) is 9.97. The van der Waals surface area contributed by atoms with Crippen molar-refractivity contribution in [3.8, 4) is 0 Å². The first-order valence-corrected chi connectivity index (χ1v) is 5.51. The maximum absolute atomic E-state index is 12.0. The first-order valence-electron chi connectivity index (χ1n) is 5.51. The van der Waals surface area contributed by atoms with Crippen molar-refractivity contribution in [2.75, 3.05) is 13.1 Å². The summed E-state index contributed by atoms with van der Waals surface area (Å²) in [4.78, 5) is 14.0. The summed E-state index contributed by atoms with van der Waals surface area (Å²) in [7, 11) is 0. The lowest BCUT2D eigenvalue weighted by Gasteiger charge is -2.37. The summed E-state index contributed by atoms with van der Waals surface area (Å²) in [5.41, 5.74) is 5.96. The van der Waals surface area contributed by atoms with Crippen molar-refractivity contribution in [1.82, 2.24) is 4.90 Å². The van der Waals surface area contributed by atoms with Crippen molar-refractivity contribution in [1.29, 1.82) is 0 Å². The van der Waals surface area contributed by atoms with Crippen LogP contribution in [0.5, 0.6) is 0 Å². The number of amides is 1. The topological polar surface area (TPSA) is 46.3 Å². The quantitative estimate of drug-likeness (QED) is 0.683. The van der Waals surface area contributed by atoms with Crippen molar-refractivity contribution in [3.05, 3.63) is 0 Å². The molecule has 0 aromatic carbocycles. The third kappa shape index (κ3) is 1.78. The average molecular weight is 196 g/mol. The van der Waals surface area contributed by atoms with E-state index in [-0.39, 0.29) is 11.0 Å². The summed E-state index contributed by atoms with van der Waals surface area (Å²) < 4.78 is 0. The maximum atomic E-state index is 12.0. The fraction of sp³-hybridized carbons (Fsp3) is 0.909. The minimum Gasteiger partial charge on any atom is -0.342 e. The number of hydrogen-bond donors (Lipinski definition) is 1. The molecular formula is C11H20N2O. The zero-order chi connectivity index (χ0) is 10.4. The van der Waals surface area contributed by atoms with Crippen LogP contribution >= 0.6 is 0 Å². The molecule has 0 bridgehead atoms. The second kappa shape index (κ2) is 2.96. The Morgan fingerprint density at radius 1 is 1.14 bits per heavy atom. The Labute approximate surface area is 85.6 Å². The molecule has 0 atom stereocenters. The molecule has 1 aliphatic heterocycles. The lowest BCUT2D eigenvalue weighted by atomic mass is 9.90. The standard InChI is InChI=1S/C11H20N2O/c1-10(3-4-10)9(14)13-7-5-11(2,12)6-8-13/h3-8,12H2,1-2H3. The van der Waals surface area contributed by atoms with Gasteiger partial charge in [0.15, 0.2) is 0 Å². The molecule has 0 unspecified atom stereocenters. The third-order valence-corrected chi connectivity index (χ3v) is 3.71. The van der Waals surface area contributed by atoms with Gasteiger partial charge in [0.1, 0.15) is 0 Å². The summed E-state index contributed by atoms with van der Waals surface area (Å²) in [6, 6.07) is 0. The van der Waals surface area contributed by atoms with E-state index in [9.17, 15) is 4.79 Å². The predicted octanol–water partition coefficient (Wildman–Crippen LogP) is 1.13. The van der Waals surface area contributed by atoms with Crippen LogP contribution in [0.4, 0.5) is 0 Å². The van der Waals surface area contributed by atoms with E-state index < -0.39 is 0 Å². The molecule has 0 radical (unpaired) electrons.